The Kier molecular flexibility index (Phi) is 11.0. The number of carbonyl (C=O) groups is 2. The fraction of sp³-hybridized carbons (Fsp3) is 0.559. The molecule has 1 fully saturated rings. The minimum Gasteiger partial charge on any atom is -0.466 e. The maximum Gasteiger partial charge on any atom is 0.305 e. The van der Waals surface area contributed by atoms with Crippen molar-refractivity contribution in [3.63, 3.8) is 0 Å². The molecule has 1 amide bonds. The minimum absolute atomic E-state index is 0.0787. The first kappa shape index (κ1) is 34.3. The summed E-state index contributed by atoms with van der Waals surface area (Å²) in [5.41, 5.74) is 2.99. The predicted molar refractivity (Wildman–Crippen MR) is 179 cm³/mol. The van der Waals surface area contributed by atoms with Crippen LogP contribution in [0.25, 0.3) is 10.2 Å². The highest BCUT2D eigenvalue weighted by Gasteiger charge is 2.36. The van der Waals surface area contributed by atoms with Crippen LogP contribution in [-0.4, -0.2) is 69.1 Å². The highest BCUT2D eigenvalue weighted by molar-refractivity contribution is 7.89. The third kappa shape index (κ3) is 8.43. The number of likely N-dealkylation sites (tertiary alicyclic amines) is 1. The summed E-state index contributed by atoms with van der Waals surface area (Å²) in [5.74, 6) is -0.348. The van der Waals surface area contributed by atoms with Gasteiger partial charge in [-0.25, -0.2) is 13.4 Å². The third-order valence-corrected chi connectivity index (χ3v) is 11.4. The number of esters is 1. The van der Waals surface area contributed by atoms with Crippen LogP contribution in [-0.2, 0) is 43.6 Å². The number of fused-ring (bicyclic) bond motifs is 2. The van der Waals surface area contributed by atoms with Crippen molar-refractivity contribution in [2.75, 3.05) is 38.2 Å². The number of hydrogen-bond acceptors (Lipinski definition) is 8. The Morgan fingerprint density at radius 3 is 2.70 bits per heavy atom. The van der Waals surface area contributed by atoms with E-state index < -0.39 is 16.1 Å². The topological polar surface area (TPSA) is 118 Å². The predicted octanol–water partition coefficient (Wildman–Crippen LogP) is 5.66. The number of aromatic nitrogens is 1. The van der Waals surface area contributed by atoms with Gasteiger partial charge in [0.15, 0.2) is 0 Å². The Labute approximate surface area is 275 Å². The van der Waals surface area contributed by atoms with E-state index in [9.17, 15) is 22.4 Å². The summed E-state index contributed by atoms with van der Waals surface area (Å²) in [6.45, 7) is 7.50. The number of sulfonamides is 1. The van der Waals surface area contributed by atoms with Gasteiger partial charge in [-0.1, -0.05) is 32.0 Å². The van der Waals surface area contributed by atoms with Gasteiger partial charge in [-0.3, -0.25) is 14.0 Å². The molecular formula is C34H45FN4O5S2. The zero-order chi connectivity index (χ0) is 32.9. The number of hydrogen-bond donors (Lipinski definition) is 2. The van der Waals surface area contributed by atoms with E-state index in [4.69, 9.17) is 9.72 Å². The number of para-hydroxylation sites is 1. The normalized spacial score (nSPS) is 17.3. The van der Waals surface area contributed by atoms with Crippen molar-refractivity contribution in [3.8, 4) is 0 Å². The van der Waals surface area contributed by atoms with Gasteiger partial charge in [-0.05, 0) is 86.1 Å². The van der Waals surface area contributed by atoms with Crippen LogP contribution in [0.2, 0.25) is 0 Å². The summed E-state index contributed by atoms with van der Waals surface area (Å²) >= 11 is 1.45. The molecule has 2 aromatic carbocycles. The number of amides is 1. The minimum atomic E-state index is -4.19. The lowest BCUT2D eigenvalue weighted by atomic mass is 9.81. The zero-order valence-corrected chi connectivity index (χ0v) is 28.6. The Morgan fingerprint density at radius 2 is 1.98 bits per heavy atom. The van der Waals surface area contributed by atoms with Gasteiger partial charge in [0.25, 0.3) is 0 Å². The molecule has 0 spiro atoms. The molecule has 12 heteroatoms. The highest BCUT2D eigenvalue weighted by atomic mass is 32.2. The van der Waals surface area contributed by atoms with E-state index in [-0.39, 0.29) is 47.6 Å². The molecule has 250 valence electrons. The first-order valence-corrected chi connectivity index (χ1v) is 18.5. The average molecular weight is 673 g/mol. The smallest absolute Gasteiger partial charge is 0.305 e. The van der Waals surface area contributed by atoms with Crippen LogP contribution in [0, 0.1) is 11.3 Å². The van der Waals surface area contributed by atoms with Crippen LogP contribution in [0.1, 0.15) is 69.0 Å². The summed E-state index contributed by atoms with van der Waals surface area (Å²) in [4.78, 5) is 32.5. The summed E-state index contributed by atoms with van der Waals surface area (Å²) in [7, 11) is -4.19. The molecule has 5 rings (SSSR count). The van der Waals surface area contributed by atoms with Gasteiger partial charge in [0, 0.05) is 32.5 Å². The van der Waals surface area contributed by atoms with E-state index in [0.717, 1.165) is 21.3 Å². The molecule has 2 aliphatic heterocycles. The van der Waals surface area contributed by atoms with Crippen molar-refractivity contribution >= 4 is 49.1 Å². The van der Waals surface area contributed by atoms with Gasteiger partial charge in [0.2, 0.25) is 15.9 Å². The standard InChI is InChI=1S/C34H45FN4O5S2/c1-4-44-31(40)11-7-8-24-18-25-21-34(2,3)22-36-32(25)29(19-24)46(42,43)38-27(20-30-37-26-9-5-6-10-28(26)45-30)33(41)39-16-13-23(12-15-35)14-17-39/h5-6,9-10,18-19,23,27,36,38H,4,7-8,11-17,20-22H2,1-3H3/t27-/m0/s1. The quantitative estimate of drug-likeness (QED) is 0.225. The second kappa shape index (κ2) is 14.8. The zero-order valence-electron chi connectivity index (χ0n) is 26.9. The first-order valence-electron chi connectivity index (χ1n) is 16.2. The summed E-state index contributed by atoms with van der Waals surface area (Å²) < 4.78 is 50.5. The number of ether oxygens (including phenoxy) is 1. The number of rotatable bonds is 13. The highest BCUT2D eigenvalue weighted by Crippen LogP contribution is 2.38. The van der Waals surface area contributed by atoms with Gasteiger partial charge in [0.05, 0.1) is 34.2 Å². The largest absolute Gasteiger partial charge is 0.466 e. The molecule has 0 aliphatic carbocycles. The van der Waals surface area contributed by atoms with Crippen LogP contribution in [0.3, 0.4) is 0 Å². The molecular weight excluding hydrogens is 628 g/mol. The van der Waals surface area contributed by atoms with Crippen molar-refractivity contribution in [2.24, 2.45) is 11.3 Å². The maximum atomic E-state index is 14.3. The number of thiazole rings is 1. The molecule has 1 atom stereocenters. The van der Waals surface area contributed by atoms with E-state index in [1.165, 1.54) is 11.3 Å². The number of nitrogens with zero attached hydrogens (tertiary/aromatic N) is 2. The molecule has 3 aromatic rings. The number of halogens is 1. The molecule has 46 heavy (non-hydrogen) atoms. The van der Waals surface area contributed by atoms with Crippen LogP contribution >= 0.6 is 11.3 Å². The summed E-state index contributed by atoms with van der Waals surface area (Å²) in [6, 6.07) is 10.3. The number of piperidine rings is 1. The van der Waals surface area contributed by atoms with Crippen LogP contribution in [0.4, 0.5) is 10.1 Å². The lowest BCUT2D eigenvalue weighted by molar-refractivity contribution is -0.143. The fourth-order valence-corrected chi connectivity index (χ4v) is 8.91. The Morgan fingerprint density at radius 1 is 1.22 bits per heavy atom. The van der Waals surface area contributed by atoms with Gasteiger partial charge in [-0.2, -0.15) is 4.72 Å². The summed E-state index contributed by atoms with van der Waals surface area (Å²) in [5, 5.41) is 4.04. The Balaban J connectivity index is 1.45. The average Bonchev–Trinajstić information content (AvgIpc) is 3.42. The van der Waals surface area contributed by atoms with E-state index in [1.54, 1.807) is 17.9 Å². The number of anilines is 1. The number of nitrogens with one attached hydrogen (secondary N) is 2. The third-order valence-electron chi connectivity index (χ3n) is 8.85. The number of aryl methyl sites for hydroxylation is 1. The number of benzene rings is 2. The maximum absolute atomic E-state index is 14.3. The molecule has 2 N–H and O–H groups in total. The molecule has 2 aliphatic rings. The van der Waals surface area contributed by atoms with Gasteiger partial charge < -0.3 is 15.0 Å². The van der Waals surface area contributed by atoms with Crippen molar-refractivity contribution in [3.05, 3.63) is 52.5 Å². The van der Waals surface area contributed by atoms with Crippen LogP contribution in [0.5, 0.6) is 0 Å². The molecule has 0 unspecified atom stereocenters. The second-order valence-corrected chi connectivity index (χ2v) is 16.0. The number of carbonyl (C=O) groups excluding carboxylic acids is 2. The Bertz CT molecular complexity index is 1620. The lowest BCUT2D eigenvalue weighted by Crippen LogP contribution is -2.51. The number of alkyl halides is 1. The Hall–Kier alpha value is -3.09. The second-order valence-electron chi connectivity index (χ2n) is 13.2. The fourth-order valence-electron chi connectivity index (χ4n) is 6.44. The molecule has 0 saturated carbocycles. The van der Waals surface area contributed by atoms with Gasteiger partial charge in [-0.15, -0.1) is 11.3 Å². The summed E-state index contributed by atoms with van der Waals surface area (Å²) in [6.07, 6.45) is 3.95. The van der Waals surface area contributed by atoms with Crippen molar-refractivity contribution < 1.29 is 27.1 Å². The molecule has 1 saturated heterocycles. The van der Waals surface area contributed by atoms with E-state index in [0.29, 0.717) is 75.5 Å². The van der Waals surface area contributed by atoms with E-state index >= 15 is 0 Å². The lowest BCUT2D eigenvalue weighted by Gasteiger charge is -2.35. The van der Waals surface area contributed by atoms with Crippen molar-refractivity contribution in [2.45, 2.75) is 83.1 Å². The molecule has 0 radical (unpaired) electrons. The molecule has 1 aromatic heterocycles. The SMILES string of the molecule is CCOC(=O)CCCc1cc2c(c(S(=O)(=O)N[C@@H](Cc3nc4ccccc4s3)C(=O)N3CCC(CCF)CC3)c1)NCC(C)(C)C2. The van der Waals surface area contributed by atoms with E-state index in [2.05, 4.69) is 23.9 Å². The van der Waals surface area contributed by atoms with E-state index in [1.807, 2.05) is 30.3 Å². The molecule has 9 nitrogen and oxygen atoms in total. The van der Waals surface area contributed by atoms with Crippen LogP contribution < -0.4 is 10.0 Å². The molecule has 3 heterocycles. The van der Waals surface area contributed by atoms with Gasteiger partial charge >= 0.3 is 5.97 Å². The van der Waals surface area contributed by atoms with Crippen molar-refractivity contribution in [1.29, 1.82) is 0 Å². The van der Waals surface area contributed by atoms with Crippen molar-refractivity contribution in [1.82, 2.24) is 14.6 Å². The first-order chi connectivity index (χ1) is 22.0. The monoisotopic (exact) mass is 672 g/mol. The molecule has 0 bridgehead atoms. The van der Waals surface area contributed by atoms with Gasteiger partial charge in [0.1, 0.15) is 10.9 Å². The van der Waals surface area contributed by atoms with Crippen LogP contribution in [0.15, 0.2) is 41.3 Å².